The van der Waals surface area contributed by atoms with Crippen molar-refractivity contribution in [1.29, 1.82) is 0 Å². The zero-order chi connectivity index (χ0) is 7.56. The Labute approximate surface area is 75.4 Å². The van der Waals surface area contributed by atoms with E-state index in [4.69, 9.17) is 34.1 Å². The Hall–Kier alpha value is 0.520. The van der Waals surface area contributed by atoms with Gasteiger partial charge in [-0.05, 0) is 12.1 Å². The van der Waals surface area contributed by atoms with Gasteiger partial charge < -0.3 is 0 Å². The molecule has 0 heterocycles. The van der Waals surface area contributed by atoms with E-state index in [9.17, 15) is 0 Å². The minimum absolute atomic E-state index is 0.703. The van der Waals surface area contributed by atoms with Gasteiger partial charge in [0, 0.05) is 10.3 Å². The van der Waals surface area contributed by atoms with Crippen LogP contribution in [0, 0.1) is 0 Å². The van der Waals surface area contributed by atoms with E-state index in [1.807, 2.05) is 12.1 Å². The molecule has 0 radical (unpaired) electrons. The van der Waals surface area contributed by atoms with Gasteiger partial charge in [-0.15, -0.1) is 0 Å². The van der Waals surface area contributed by atoms with E-state index in [0.717, 1.165) is 5.30 Å². The Morgan fingerprint density at radius 3 is 1.90 bits per heavy atom. The first-order valence-electron chi connectivity index (χ1n) is 2.57. The molecule has 4 heteroatoms. The van der Waals surface area contributed by atoms with Crippen LogP contribution in [0.5, 0.6) is 0 Å². The topological polar surface area (TPSA) is 0 Å². The second-order valence-electron chi connectivity index (χ2n) is 1.71. The van der Waals surface area contributed by atoms with Gasteiger partial charge in [-0.3, -0.25) is 0 Å². The largest absolute Gasteiger partial charge is 0.116 e. The van der Waals surface area contributed by atoms with Crippen LogP contribution in [0.25, 0.3) is 0 Å². The number of rotatable bonds is 1. The molecule has 0 aromatic heterocycles. The third kappa shape index (κ3) is 2.29. The molecule has 0 N–H and O–H groups in total. The van der Waals surface area contributed by atoms with Gasteiger partial charge in [0.05, 0.1) is 0 Å². The highest BCUT2D eigenvalue weighted by Crippen LogP contribution is 2.45. The summed E-state index contributed by atoms with van der Waals surface area (Å²) in [5.74, 6) is 0. The molecular formula is C6H4Cl3P. The lowest BCUT2D eigenvalue weighted by molar-refractivity contribution is 1.77. The van der Waals surface area contributed by atoms with Gasteiger partial charge >= 0.3 is 0 Å². The third-order valence-electron chi connectivity index (χ3n) is 1.02. The Balaban J connectivity index is 2.89. The summed E-state index contributed by atoms with van der Waals surface area (Å²) in [6, 6.07) is 7.20. The second-order valence-corrected chi connectivity index (χ2v) is 5.68. The van der Waals surface area contributed by atoms with Crippen LogP contribution >= 0.6 is 40.7 Å². The van der Waals surface area contributed by atoms with Crippen molar-refractivity contribution >= 4 is 46.0 Å². The van der Waals surface area contributed by atoms with E-state index >= 15 is 0 Å². The molecule has 10 heavy (non-hydrogen) atoms. The molecule has 0 unspecified atom stereocenters. The van der Waals surface area contributed by atoms with Gasteiger partial charge in [-0.1, -0.05) is 46.2 Å². The van der Waals surface area contributed by atoms with Crippen molar-refractivity contribution in [2.75, 3.05) is 0 Å². The van der Waals surface area contributed by atoms with Crippen LogP contribution < -0.4 is 5.30 Å². The van der Waals surface area contributed by atoms with Crippen LogP contribution in [0.15, 0.2) is 24.3 Å². The standard InChI is InChI=1S/C6H4Cl3P/c7-5-1-3-6(4-2-5)10(8)9/h1-4H. The van der Waals surface area contributed by atoms with E-state index < -0.39 is 6.63 Å². The molecule has 0 nitrogen and oxygen atoms in total. The Kier molecular flexibility index (Phi) is 3.26. The fourth-order valence-corrected chi connectivity index (χ4v) is 1.73. The molecule has 0 amide bonds. The van der Waals surface area contributed by atoms with E-state index in [0.29, 0.717) is 5.02 Å². The first-order valence-corrected chi connectivity index (χ1v) is 6.10. The molecule has 0 saturated heterocycles. The van der Waals surface area contributed by atoms with Crippen molar-refractivity contribution in [2.45, 2.75) is 0 Å². The summed E-state index contributed by atoms with van der Waals surface area (Å²) in [5, 5.41) is 1.64. The van der Waals surface area contributed by atoms with E-state index in [2.05, 4.69) is 0 Å². The number of hydrogen-bond donors (Lipinski definition) is 0. The van der Waals surface area contributed by atoms with E-state index in [-0.39, 0.29) is 0 Å². The van der Waals surface area contributed by atoms with Gasteiger partial charge in [0.25, 0.3) is 0 Å². The lowest BCUT2D eigenvalue weighted by Gasteiger charge is -1.98. The fraction of sp³-hybridized carbons (Fsp3) is 0. The van der Waals surface area contributed by atoms with Crippen molar-refractivity contribution in [2.24, 2.45) is 0 Å². The van der Waals surface area contributed by atoms with Crippen LogP contribution in [0.4, 0.5) is 0 Å². The molecule has 0 aliphatic heterocycles. The summed E-state index contributed by atoms with van der Waals surface area (Å²) in [6.07, 6.45) is 0. The van der Waals surface area contributed by atoms with Gasteiger partial charge in [-0.2, -0.15) is 0 Å². The molecular weight excluding hydrogens is 209 g/mol. The normalized spacial score (nSPS) is 10.4. The number of benzene rings is 1. The second kappa shape index (κ2) is 3.78. The molecule has 1 aromatic carbocycles. The van der Waals surface area contributed by atoms with Crippen LogP contribution in [0.2, 0.25) is 5.02 Å². The predicted octanol–water partition coefficient (Wildman–Crippen LogP) is 3.75. The number of hydrogen-bond acceptors (Lipinski definition) is 0. The Morgan fingerprint density at radius 1 is 1.00 bits per heavy atom. The van der Waals surface area contributed by atoms with E-state index in [1.165, 1.54) is 0 Å². The summed E-state index contributed by atoms with van der Waals surface area (Å²) in [6.45, 7) is -1.02. The van der Waals surface area contributed by atoms with Gasteiger partial charge in [0.15, 0.2) is 0 Å². The maximum absolute atomic E-state index is 5.64. The Morgan fingerprint density at radius 2 is 1.50 bits per heavy atom. The fourth-order valence-electron chi connectivity index (χ4n) is 0.554. The minimum Gasteiger partial charge on any atom is -0.0843 e. The molecule has 0 atom stereocenters. The average Bonchev–Trinajstić information content (AvgIpc) is 1.88. The molecule has 0 aliphatic rings. The molecule has 0 saturated carbocycles. The van der Waals surface area contributed by atoms with E-state index in [1.54, 1.807) is 12.1 Å². The highest BCUT2D eigenvalue weighted by Gasteiger charge is 2.01. The monoisotopic (exact) mass is 212 g/mol. The van der Waals surface area contributed by atoms with Crippen molar-refractivity contribution < 1.29 is 0 Å². The zero-order valence-electron chi connectivity index (χ0n) is 4.89. The minimum atomic E-state index is -1.02. The maximum atomic E-state index is 5.64. The molecule has 1 aromatic rings. The lowest BCUT2D eigenvalue weighted by atomic mass is 10.4. The third-order valence-corrected chi connectivity index (χ3v) is 3.13. The molecule has 0 spiro atoms. The zero-order valence-corrected chi connectivity index (χ0v) is 8.05. The molecule has 0 fully saturated rings. The molecule has 0 bridgehead atoms. The van der Waals surface area contributed by atoms with Crippen LogP contribution in [-0.2, 0) is 0 Å². The lowest BCUT2D eigenvalue weighted by Crippen LogP contribution is -1.90. The highest BCUT2D eigenvalue weighted by atomic mass is 35.9. The predicted molar refractivity (Wildman–Crippen MR) is 49.7 cm³/mol. The Bertz CT molecular complexity index is 207. The smallest absolute Gasteiger partial charge is 0.0843 e. The van der Waals surface area contributed by atoms with Crippen molar-refractivity contribution in [3.63, 3.8) is 0 Å². The van der Waals surface area contributed by atoms with Crippen molar-refractivity contribution in [3.05, 3.63) is 29.3 Å². The highest BCUT2D eigenvalue weighted by molar-refractivity contribution is 8.08. The first kappa shape index (κ1) is 8.62. The van der Waals surface area contributed by atoms with Gasteiger partial charge in [0.1, 0.15) is 6.63 Å². The molecule has 54 valence electrons. The summed E-state index contributed by atoms with van der Waals surface area (Å²) in [7, 11) is 0. The summed E-state index contributed by atoms with van der Waals surface area (Å²) in [5.41, 5.74) is 0. The summed E-state index contributed by atoms with van der Waals surface area (Å²) >= 11 is 16.9. The number of halogens is 3. The van der Waals surface area contributed by atoms with Crippen molar-refractivity contribution in [3.8, 4) is 0 Å². The van der Waals surface area contributed by atoms with Gasteiger partial charge in [0.2, 0.25) is 0 Å². The van der Waals surface area contributed by atoms with Gasteiger partial charge in [-0.25, -0.2) is 0 Å². The SMILES string of the molecule is Clc1ccc(P(Cl)Cl)cc1. The van der Waals surface area contributed by atoms with Crippen molar-refractivity contribution in [1.82, 2.24) is 0 Å². The molecule has 0 aliphatic carbocycles. The summed E-state index contributed by atoms with van der Waals surface area (Å²) in [4.78, 5) is 0. The maximum Gasteiger partial charge on any atom is 0.116 e. The first-order chi connectivity index (χ1) is 4.70. The van der Waals surface area contributed by atoms with Crippen LogP contribution in [0.1, 0.15) is 0 Å². The van der Waals surface area contributed by atoms with Crippen LogP contribution in [0.3, 0.4) is 0 Å². The molecule has 1 rings (SSSR count). The quantitative estimate of drug-likeness (QED) is 0.623. The average molecular weight is 213 g/mol. The van der Waals surface area contributed by atoms with Crippen LogP contribution in [-0.4, -0.2) is 0 Å². The summed E-state index contributed by atoms with van der Waals surface area (Å²) < 4.78 is 0.